The number of nitrogens with one attached hydrogen (secondary N) is 5. The molecule has 0 bridgehead atoms. The van der Waals surface area contributed by atoms with Gasteiger partial charge in [0.1, 0.15) is 24.4 Å². The van der Waals surface area contributed by atoms with Gasteiger partial charge < -0.3 is 48.6 Å². The molecule has 0 heterocycles. The lowest BCUT2D eigenvalue weighted by atomic mass is 10.0. The molecule has 5 amide bonds. The first-order chi connectivity index (χ1) is 17.5. The summed E-state index contributed by atoms with van der Waals surface area (Å²) in [5.74, 6) is -2.86. The minimum Gasteiger partial charge on any atom is -0.346 e. The molecule has 0 saturated heterocycles. The molecule has 0 aromatic rings. The average molecular weight is 529 g/mol. The Bertz CT molecular complexity index is 764. The van der Waals surface area contributed by atoms with Crippen molar-refractivity contribution < 1.29 is 28.8 Å². The van der Waals surface area contributed by atoms with Crippen LogP contribution in [0.1, 0.15) is 59.3 Å². The Morgan fingerprint density at radius 2 is 1.19 bits per heavy atom. The van der Waals surface area contributed by atoms with Crippen molar-refractivity contribution in [1.29, 1.82) is 0 Å². The number of nitrogens with two attached hydrogens (primary N) is 3. The maximum absolute atomic E-state index is 13.1. The zero-order chi connectivity index (χ0) is 28.4. The molecule has 0 aromatic heterocycles. The van der Waals surface area contributed by atoms with Crippen LogP contribution in [0.2, 0.25) is 0 Å². The van der Waals surface area contributed by atoms with E-state index in [9.17, 15) is 28.8 Å². The van der Waals surface area contributed by atoms with Gasteiger partial charge in [0.25, 0.3) is 0 Å². The SMILES string of the molecule is C[C@H](N)C(=O)NCC(=O)N[C@@H](C)C(=O)N[C@@H](CCCCN)C(=O)N[C@@H](CCCCN)C(=O)N[C@@H](C)C=O. The van der Waals surface area contributed by atoms with Gasteiger partial charge in [-0.2, -0.15) is 0 Å². The first kappa shape index (κ1) is 33.9. The molecule has 0 aliphatic carbocycles. The van der Waals surface area contributed by atoms with E-state index in [2.05, 4.69) is 26.6 Å². The van der Waals surface area contributed by atoms with E-state index >= 15 is 0 Å². The van der Waals surface area contributed by atoms with Crippen LogP contribution in [0.5, 0.6) is 0 Å². The summed E-state index contributed by atoms with van der Waals surface area (Å²) < 4.78 is 0. The van der Waals surface area contributed by atoms with E-state index in [1.165, 1.54) is 20.8 Å². The molecule has 11 N–H and O–H groups in total. The fraction of sp³-hybridized carbons (Fsp3) is 0.739. The summed E-state index contributed by atoms with van der Waals surface area (Å²) in [5.41, 5.74) is 16.5. The molecule has 0 radical (unpaired) electrons. The molecule has 0 aromatic carbocycles. The van der Waals surface area contributed by atoms with Crippen molar-refractivity contribution in [3.8, 4) is 0 Å². The predicted octanol–water partition coefficient (Wildman–Crippen LogP) is -3.11. The Morgan fingerprint density at radius 3 is 1.65 bits per heavy atom. The number of rotatable bonds is 19. The van der Waals surface area contributed by atoms with E-state index in [-0.39, 0.29) is 13.0 Å². The van der Waals surface area contributed by atoms with Crippen molar-refractivity contribution in [2.45, 2.75) is 89.5 Å². The second-order valence-corrected chi connectivity index (χ2v) is 8.92. The maximum Gasteiger partial charge on any atom is 0.243 e. The van der Waals surface area contributed by atoms with Gasteiger partial charge in [-0.1, -0.05) is 0 Å². The number of carbonyl (C=O) groups is 6. The quantitative estimate of drug-likeness (QED) is 0.0624. The minimum atomic E-state index is -1.01. The monoisotopic (exact) mass is 528 g/mol. The Balaban J connectivity index is 5.28. The molecule has 0 saturated carbocycles. The average Bonchev–Trinajstić information content (AvgIpc) is 2.85. The van der Waals surface area contributed by atoms with Crippen molar-refractivity contribution in [1.82, 2.24) is 26.6 Å². The first-order valence-corrected chi connectivity index (χ1v) is 12.6. The van der Waals surface area contributed by atoms with Crippen LogP contribution in [-0.2, 0) is 28.8 Å². The Morgan fingerprint density at radius 1 is 0.703 bits per heavy atom. The highest BCUT2D eigenvalue weighted by molar-refractivity contribution is 5.95. The lowest BCUT2D eigenvalue weighted by Crippen LogP contribution is -2.57. The van der Waals surface area contributed by atoms with E-state index in [1.807, 2.05) is 0 Å². The first-order valence-electron chi connectivity index (χ1n) is 12.6. The van der Waals surface area contributed by atoms with Crippen molar-refractivity contribution in [3.63, 3.8) is 0 Å². The molecule has 37 heavy (non-hydrogen) atoms. The van der Waals surface area contributed by atoms with Crippen LogP contribution in [0.4, 0.5) is 0 Å². The van der Waals surface area contributed by atoms with Crippen molar-refractivity contribution in [2.75, 3.05) is 19.6 Å². The summed E-state index contributed by atoms with van der Waals surface area (Å²) in [6.45, 7) is 4.86. The van der Waals surface area contributed by atoms with Gasteiger partial charge in [0.05, 0.1) is 18.6 Å². The number of amides is 5. The van der Waals surface area contributed by atoms with Crippen LogP contribution in [0.25, 0.3) is 0 Å². The van der Waals surface area contributed by atoms with E-state index in [4.69, 9.17) is 17.2 Å². The second-order valence-electron chi connectivity index (χ2n) is 8.92. The molecule has 0 aliphatic heterocycles. The predicted molar refractivity (Wildman–Crippen MR) is 138 cm³/mol. The van der Waals surface area contributed by atoms with E-state index in [1.54, 1.807) is 0 Å². The van der Waals surface area contributed by atoms with Gasteiger partial charge >= 0.3 is 0 Å². The van der Waals surface area contributed by atoms with Crippen molar-refractivity contribution >= 4 is 35.8 Å². The number of carbonyl (C=O) groups excluding carboxylic acids is 6. The fourth-order valence-electron chi connectivity index (χ4n) is 3.14. The topological polar surface area (TPSA) is 241 Å². The second kappa shape index (κ2) is 19.1. The van der Waals surface area contributed by atoms with Gasteiger partial charge in [-0.25, -0.2) is 0 Å². The summed E-state index contributed by atoms with van der Waals surface area (Å²) >= 11 is 0. The van der Waals surface area contributed by atoms with E-state index in [0.29, 0.717) is 51.5 Å². The Hall–Kier alpha value is -3.10. The van der Waals surface area contributed by atoms with E-state index < -0.39 is 59.7 Å². The molecule has 14 heteroatoms. The minimum absolute atomic E-state index is 0.252. The van der Waals surface area contributed by atoms with Gasteiger partial charge in [-0.05, 0) is 72.4 Å². The highest BCUT2D eigenvalue weighted by Gasteiger charge is 2.28. The summed E-state index contributed by atoms with van der Waals surface area (Å²) in [6.07, 6.45) is 3.47. The lowest BCUT2D eigenvalue weighted by molar-refractivity contribution is -0.134. The molecule has 0 aliphatic rings. The Labute approximate surface area is 218 Å². The van der Waals surface area contributed by atoms with Gasteiger partial charge in [0, 0.05) is 0 Å². The summed E-state index contributed by atoms with van der Waals surface area (Å²) in [5, 5.41) is 12.6. The molecule has 0 fully saturated rings. The third-order valence-electron chi connectivity index (χ3n) is 5.34. The van der Waals surface area contributed by atoms with Crippen LogP contribution < -0.4 is 43.8 Å². The van der Waals surface area contributed by atoms with E-state index in [0.717, 1.165) is 0 Å². The van der Waals surface area contributed by atoms with Crippen LogP contribution in [-0.4, -0.2) is 85.7 Å². The lowest BCUT2D eigenvalue weighted by Gasteiger charge is -2.25. The van der Waals surface area contributed by atoms with Gasteiger partial charge in [-0.15, -0.1) is 0 Å². The van der Waals surface area contributed by atoms with Crippen LogP contribution in [0.15, 0.2) is 0 Å². The highest BCUT2D eigenvalue weighted by Crippen LogP contribution is 2.06. The van der Waals surface area contributed by atoms with Crippen LogP contribution >= 0.6 is 0 Å². The van der Waals surface area contributed by atoms with Crippen molar-refractivity contribution in [2.24, 2.45) is 17.2 Å². The maximum atomic E-state index is 13.1. The van der Waals surface area contributed by atoms with Crippen molar-refractivity contribution in [3.05, 3.63) is 0 Å². The zero-order valence-corrected chi connectivity index (χ0v) is 22.0. The number of hydrogen-bond donors (Lipinski definition) is 8. The smallest absolute Gasteiger partial charge is 0.243 e. The molecule has 0 rings (SSSR count). The molecule has 14 nitrogen and oxygen atoms in total. The number of hydrogen-bond acceptors (Lipinski definition) is 9. The normalized spacial score (nSPS) is 14.8. The van der Waals surface area contributed by atoms with Crippen LogP contribution in [0.3, 0.4) is 0 Å². The summed E-state index contributed by atoms with van der Waals surface area (Å²) in [7, 11) is 0. The molecular weight excluding hydrogens is 484 g/mol. The largest absolute Gasteiger partial charge is 0.346 e. The number of aldehydes is 1. The fourth-order valence-corrected chi connectivity index (χ4v) is 3.14. The standard InChI is InChI=1S/C23H44N8O6/c1-14(13-32)28-22(36)17(8-4-6-10-24)31-23(37)18(9-5-7-11-25)30-21(35)16(3)29-19(33)12-27-20(34)15(2)26/h13-18H,4-12,24-26H2,1-3H3,(H,27,34)(H,28,36)(H,29,33)(H,30,35)(H,31,37)/t14-,15-,16-,17-,18-/m0/s1. The summed E-state index contributed by atoms with van der Waals surface area (Å²) in [4.78, 5) is 72.9. The molecule has 0 spiro atoms. The molecular formula is C23H44N8O6. The summed E-state index contributed by atoms with van der Waals surface area (Å²) in [6, 6.07) is -4.46. The molecule has 0 unspecified atom stereocenters. The number of unbranched alkanes of at least 4 members (excludes halogenated alkanes) is 2. The van der Waals surface area contributed by atoms with Crippen LogP contribution in [0, 0.1) is 0 Å². The molecule has 5 atom stereocenters. The molecule has 212 valence electrons. The van der Waals surface area contributed by atoms with Gasteiger partial charge in [0.2, 0.25) is 29.5 Å². The van der Waals surface area contributed by atoms with Gasteiger partial charge in [-0.3, -0.25) is 24.0 Å². The zero-order valence-electron chi connectivity index (χ0n) is 22.0. The highest BCUT2D eigenvalue weighted by atomic mass is 16.2. The van der Waals surface area contributed by atoms with Gasteiger partial charge in [0.15, 0.2) is 0 Å². The third kappa shape index (κ3) is 14.9. The Kier molecular flexibility index (Phi) is 17.5. The third-order valence-corrected chi connectivity index (χ3v) is 5.34.